The molecule has 0 atom stereocenters. The van der Waals surface area contributed by atoms with Crippen molar-refractivity contribution in [2.45, 2.75) is 6.92 Å². The summed E-state index contributed by atoms with van der Waals surface area (Å²) >= 11 is 3.49. The second-order valence-corrected chi connectivity index (χ2v) is 5.43. The Balaban J connectivity index is 2.18. The fraction of sp³-hybridized carbons (Fsp3) is 0.125. The number of imidazole rings is 1. The summed E-state index contributed by atoms with van der Waals surface area (Å²) in [6, 6.07) is 11.9. The monoisotopic (exact) mass is 344 g/mol. The third kappa shape index (κ3) is 2.69. The van der Waals surface area contributed by atoms with Crippen molar-refractivity contribution in [3.63, 3.8) is 0 Å². The fourth-order valence-corrected chi connectivity index (χ4v) is 2.65. The number of carbonyl (C=O) groups is 1. The molecule has 2 heterocycles. The summed E-state index contributed by atoms with van der Waals surface area (Å²) in [6.07, 6.45) is 3.56. The second-order valence-electron chi connectivity index (χ2n) is 4.52. The lowest BCUT2D eigenvalue weighted by Gasteiger charge is -2.04. The van der Waals surface area contributed by atoms with Crippen LogP contribution in [0.25, 0.3) is 16.8 Å². The lowest BCUT2D eigenvalue weighted by Crippen LogP contribution is -2.04. The third-order valence-electron chi connectivity index (χ3n) is 3.09. The van der Waals surface area contributed by atoms with Crippen LogP contribution in [0, 0.1) is 0 Å². The highest BCUT2D eigenvalue weighted by Gasteiger charge is 2.15. The van der Waals surface area contributed by atoms with Gasteiger partial charge in [0.15, 0.2) is 5.69 Å². The Kier molecular flexibility index (Phi) is 3.75. The number of rotatable bonds is 3. The molecule has 3 rings (SSSR count). The van der Waals surface area contributed by atoms with Crippen molar-refractivity contribution in [2.24, 2.45) is 0 Å². The van der Waals surface area contributed by atoms with Crippen LogP contribution in [0.15, 0.2) is 53.3 Å². The first-order valence-corrected chi connectivity index (χ1v) is 7.39. The van der Waals surface area contributed by atoms with E-state index in [9.17, 15) is 4.79 Å². The minimum atomic E-state index is -0.406. The van der Waals surface area contributed by atoms with E-state index in [1.165, 1.54) is 0 Å². The average molecular weight is 345 g/mol. The molecule has 0 spiro atoms. The van der Waals surface area contributed by atoms with Crippen LogP contribution in [-0.2, 0) is 4.74 Å². The van der Waals surface area contributed by atoms with Crippen LogP contribution in [0.5, 0.6) is 0 Å². The predicted octanol–water partition coefficient (Wildman–Crippen LogP) is 3.94. The van der Waals surface area contributed by atoms with Crippen molar-refractivity contribution in [1.82, 2.24) is 9.38 Å². The number of aromatic nitrogens is 2. The summed E-state index contributed by atoms with van der Waals surface area (Å²) in [4.78, 5) is 16.3. The van der Waals surface area contributed by atoms with Crippen molar-refractivity contribution in [3.05, 3.63) is 59.0 Å². The van der Waals surface area contributed by atoms with Crippen LogP contribution in [0.1, 0.15) is 17.4 Å². The average Bonchev–Trinajstić information content (AvgIpc) is 2.91. The molecule has 4 nitrogen and oxygen atoms in total. The molecule has 0 aliphatic heterocycles. The summed E-state index contributed by atoms with van der Waals surface area (Å²) in [5, 5.41) is 0. The zero-order valence-corrected chi connectivity index (χ0v) is 13.0. The van der Waals surface area contributed by atoms with Gasteiger partial charge in [0, 0.05) is 22.4 Å². The van der Waals surface area contributed by atoms with Gasteiger partial charge in [0.1, 0.15) is 5.65 Å². The van der Waals surface area contributed by atoms with Crippen LogP contribution >= 0.6 is 15.9 Å². The van der Waals surface area contributed by atoms with E-state index in [1.54, 1.807) is 13.1 Å². The van der Waals surface area contributed by atoms with Crippen molar-refractivity contribution in [1.29, 1.82) is 0 Å². The molecule has 1 aromatic carbocycles. The van der Waals surface area contributed by atoms with Crippen LogP contribution in [0.3, 0.4) is 0 Å². The van der Waals surface area contributed by atoms with E-state index in [4.69, 9.17) is 4.74 Å². The highest BCUT2D eigenvalue weighted by atomic mass is 79.9. The van der Waals surface area contributed by atoms with E-state index in [0.717, 1.165) is 21.2 Å². The van der Waals surface area contributed by atoms with E-state index in [0.29, 0.717) is 12.3 Å². The Morgan fingerprint density at radius 3 is 2.76 bits per heavy atom. The van der Waals surface area contributed by atoms with Crippen molar-refractivity contribution in [2.75, 3.05) is 6.61 Å². The van der Waals surface area contributed by atoms with Gasteiger partial charge >= 0.3 is 5.97 Å². The van der Waals surface area contributed by atoms with E-state index >= 15 is 0 Å². The summed E-state index contributed by atoms with van der Waals surface area (Å²) in [7, 11) is 0. The van der Waals surface area contributed by atoms with Crippen LogP contribution in [0.2, 0.25) is 0 Å². The van der Waals surface area contributed by atoms with E-state index in [-0.39, 0.29) is 0 Å². The molecule has 0 amide bonds. The Hall–Kier alpha value is -2.14. The molecule has 3 aromatic rings. The molecule has 0 aliphatic rings. The summed E-state index contributed by atoms with van der Waals surface area (Å²) < 4.78 is 7.76. The standard InChI is InChI=1S/C16H13BrN2O2/c1-2-21-16(20)14-10-19-9-12(17)8-13(15(19)18-14)11-6-4-3-5-7-11/h3-10H,2H2,1H3. The van der Waals surface area contributed by atoms with E-state index < -0.39 is 5.97 Å². The predicted molar refractivity (Wildman–Crippen MR) is 84.3 cm³/mol. The molecule has 0 N–H and O–H groups in total. The molecule has 21 heavy (non-hydrogen) atoms. The maximum absolute atomic E-state index is 11.8. The fourth-order valence-electron chi connectivity index (χ4n) is 2.20. The Bertz CT molecular complexity index is 797. The Morgan fingerprint density at radius 2 is 2.05 bits per heavy atom. The molecule has 5 heteroatoms. The first kappa shape index (κ1) is 13.8. The smallest absolute Gasteiger partial charge is 0.358 e. The molecule has 0 aliphatic carbocycles. The molecule has 0 radical (unpaired) electrons. The number of ether oxygens (including phenoxy) is 1. The second kappa shape index (κ2) is 5.69. The summed E-state index contributed by atoms with van der Waals surface area (Å²) in [5.74, 6) is -0.406. The maximum atomic E-state index is 11.8. The molecule has 0 unspecified atom stereocenters. The molecular formula is C16H13BrN2O2. The zero-order valence-electron chi connectivity index (χ0n) is 11.4. The SMILES string of the molecule is CCOC(=O)c1cn2cc(Br)cc(-c3ccccc3)c2n1. The van der Waals surface area contributed by atoms with Crippen LogP contribution in [-0.4, -0.2) is 22.0 Å². The Labute approximate surface area is 130 Å². The first-order valence-electron chi connectivity index (χ1n) is 6.60. The molecule has 0 fully saturated rings. The largest absolute Gasteiger partial charge is 0.461 e. The molecular weight excluding hydrogens is 332 g/mol. The molecule has 0 saturated carbocycles. The lowest BCUT2D eigenvalue weighted by molar-refractivity contribution is 0.0520. The molecule has 0 bridgehead atoms. The highest BCUT2D eigenvalue weighted by Crippen LogP contribution is 2.27. The number of benzene rings is 1. The van der Waals surface area contributed by atoms with Crippen molar-refractivity contribution in [3.8, 4) is 11.1 Å². The number of esters is 1. The zero-order chi connectivity index (χ0) is 14.8. The number of hydrogen-bond acceptors (Lipinski definition) is 3. The van der Waals surface area contributed by atoms with Gasteiger partial charge in [-0.15, -0.1) is 0 Å². The lowest BCUT2D eigenvalue weighted by atomic mass is 10.1. The van der Waals surface area contributed by atoms with Gasteiger partial charge in [0.2, 0.25) is 0 Å². The normalized spacial score (nSPS) is 10.8. The van der Waals surface area contributed by atoms with Crippen molar-refractivity contribution >= 4 is 27.5 Å². The number of carbonyl (C=O) groups excluding carboxylic acids is 1. The number of fused-ring (bicyclic) bond motifs is 1. The van der Waals surface area contributed by atoms with Gasteiger partial charge in [0.05, 0.1) is 6.61 Å². The van der Waals surface area contributed by atoms with Gasteiger partial charge in [-0.1, -0.05) is 30.3 Å². The van der Waals surface area contributed by atoms with Crippen LogP contribution in [0.4, 0.5) is 0 Å². The highest BCUT2D eigenvalue weighted by molar-refractivity contribution is 9.10. The van der Waals surface area contributed by atoms with Gasteiger partial charge in [0.25, 0.3) is 0 Å². The van der Waals surface area contributed by atoms with Crippen LogP contribution < -0.4 is 0 Å². The topological polar surface area (TPSA) is 43.6 Å². The minimum absolute atomic E-state index is 0.312. The minimum Gasteiger partial charge on any atom is -0.461 e. The van der Waals surface area contributed by atoms with Gasteiger partial charge in [-0.3, -0.25) is 0 Å². The summed E-state index contributed by atoms with van der Waals surface area (Å²) in [5.41, 5.74) is 3.05. The van der Waals surface area contributed by atoms with Gasteiger partial charge < -0.3 is 9.14 Å². The Morgan fingerprint density at radius 1 is 1.29 bits per heavy atom. The number of pyridine rings is 1. The maximum Gasteiger partial charge on any atom is 0.358 e. The first-order chi connectivity index (χ1) is 10.2. The van der Waals surface area contributed by atoms with Gasteiger partial charge in [-0.2, -0.15) is 0 Å². The number of hydrogen-bond donors (Lipinski definition) is 0. The molecule has 0 saturated heterocycles. The van der Waals surface area contributed by atoms with E-state index in [1.807, 2.05) is 47.0 Å². The molecule has 106 valence electrons. The van der Waals surface area contributed by atoms with Crippen molar-refractivity contribution < 1.29 is 9.53 Å². The van der Waals surface area contributed by atoms with Gasteiger partial charge in [-0.25, -0.2) is 9.78 Å². The van der Waals surface area contributed by atoms with Gasteiger partial charge in [-0.05, 0) is 34.5 Å². The van der Waals surface area contributed by atoms with E-state index in [2.05, 4.69) is 20.9 Å². The molecule has 2 aromatic heterocycles. The summed E-state index contributed by atoms with van der Waals surface area (Å²) in [6.45, 7) is 2.11. The number of nitrogens with zero attached hydrogens (tertiary/aromatic N) is 2. The third-order valence-corrected chi connectivity index (χ3v) is 3.52. The quantitative estimate of drug-likeness (QED) is 0.676. The number of halogens is 1.